The summed E-state index contributed by atoms with van der Waals surface area (Å²) < 4.78 is 5.77. The number of piperidine rings is 1. The number of fused-ring (bicyclic) bond motifs is 1. The lowest BCUT2D eigenvalue weighted by Crippen LogP contribution is -2.38. The highest BCUT2D eigenvalue weighted by atomic mass is 16.5. The van der Waals surface area contributed by atoms with Crippen molar-refractivity contribution in [2.45, 2.75) is 51.0 Å². The Morgan fingerprint density at radius 3 is 2.79 bits per heavy atom. The molecule has 33 heavy (non-hydrogen) atoms. The molecule has 8 heteroatoms. The molecule has 1 fully saturated rings. The van der Waals surface area contributed by atoms with Gasteiger partial charge in [0.2, 0.25) is 5.91 Å². The number of ether oxygens (including phenoxy) is 1. The molecule has 2 aliphatic rings. The number of nitrogens with one attached hydrogen (secondary N) is 1. The Kier molecular flexibility index (Phi) is 6.15. The topological polar surface area (TPSA) is 93.1 Å². The van der Waals surface area contributed by atoms with Crippen LogP contribution < -0.4 is 10.1 Å². The van der Waals surface area contributed by atoms with Crippen LogP contribution in [0.4, 0.5) is 11.6 Å². The Balaban J connectivity index is 1.12. The SMILES string of the molecule is C[C@@H]1Cc2cc(CCC(=O)N3CCC(c4cncc(Nc5cnccn5)n4)CC3)ccc2O1. The van der Waals surface area contributed by atoms with E-state index >= 15 is 0 Å². The van der Waals surface area contributed by atoms with E-state index in [-0.39, 0.29) is 12.0 Å². The molecule has 0 aliphatic carbocycles. The Morgan fingerprint density at radius 2 is 1.97 bits per heavy atom. The molecule has 0 saturated carbocycles. The van der Waals surface area contributed by atoms with E-state index < -0.39 is 0 Å². The van der Waals surface area contributed by atoms with Crippen LogP contribution in [0.15, 0.2) is 49.2 Å². The van der Waals surface area contributed by atoms with Crippen LogP contribution in [-0.4, -0.2) is 49.9 Å². The summed E-state index contributed by atoms with van der Waals surface area (Å²) >= 11 is 0. The lowest BCUT2D eigenvalue weighted by atomic mass is 9.93. The van der Waals surface area contributed by atoms with Gasteiger partial charge in [0.25, 0.3) is 0 Å². The summed E-state index contributed by atoms with van der Waals surface area (Å²) in [5, 5.41) is 3.14. The highest BCUT2D eigenvalue weighted by Crippen LogP contribution is 2.30. The van der Waals surface area contributed by atoms with Gasteiger partial charge in [0.05, 0.1) is 18.1 Å². The molecule has 2 aromatic heterocycles. The molecule has 1 atom stereocenters. The fraction of sp³-hybridized carbons (Fsp3) is 0.400. The van der Waals surface area contributed by atoms with Crippen molar-refractivity contribution in [2.24, 2.45) is 0 Å². The molecule has 0 radical (unpaired) electrons. The molecule has 170 valence electrons. The smallest absolute Gasteiger partial charge is 0.222 e. The number of likely N-dealkylation sites (tertiary alicyclic amines) is 1. The number of benzene rings is 1. The van der Waals surface area contributed by atoms with Gasteiger partial charge in [-0.05, 0) is 43.4 Å². The number of hydrogen-bond donors (Lipinski definition) is 1. The number of nitrogens with zero attached hydrogens (tertiary/aromatic N) is 5. The molecule has 3 aromatic rings. The van der Waals surface area contributed by atoms with Gasteiger partial charge in [-0.1, -0.05) is 12.1 Å². The predicted molar refractivity (Wildman–Crippen MR) is 124 cm³/mol. The first-order valence-corrected chi connectivity index (χ1v) is 11.6. The van der Waals surface area contributed by atoms with Crippen LogP contribution in [0, 0.1) is 0 Å². The van der Waals surface area contributed by atoms with Crippen LogP contribution in [0.1, 0.15) is 48.9 Å². The van der Waals surface area contributed by atoms with Crippen molar-refractivity contribution >= 4 is 17.5 Å². The molecule has 8 nitrogen and oxygen atoms in total. The Bertz CT molecular complexity index is 1110. The second kappa shape index (κ2) is 9.52. The van der Waals surface area contributed by atoms with Gasteiger partial charge < -0.3 is 15.0 Å². The Hall–Kier alpha value is -3.55. The zero-order valence-electron chi connectivity index (χ0n) is 18.8. The third kappa shape index (κ3) is 5.10. The second-order valence-corrected chi connectivity index (χ2v) is 8.77. The molecule has 1 aromatic carbocycles. The number of anilines is 2. The lowest BCUT2D eigenvalue weighted by Gasteiger charge is -2.31. The van der Waals surface area contributed by atoms with E-state index in [1.54, 1.807) is 24.8 Å². The largest absolute Gasteiger partial charge is 0.490 e. The van der Waals surface area contributed by atoms with Crippen LogP contribution in [0.25, 0.3) is 0 Å². The number of amides is 1. The summed E-state index contributed by atoms with van der Waals surface area (Å²) in [6, 6.07) is 6.31. The lowest BCUT2D eigenvalue weighted by molar-refractivity contribution is -0.132. The molecule has 0 unspecified atom stereocenters. The molecular formula is C25H28N6O2. The van der Waals surface area contributed by atoms with E-state index in [2.05, 4.69) is 39.3 Å². The minimum atomic E-state index is 0.225. The number of aryl methyl sites for hydroxylation is 1. The molecule has 4 heterocycles. The monoisotopic (exact) mass is 444 g/mol. The minimum Gasteiger partial charge on any atom is -0.490 e. The van der Waals surface area contributed by atoms with Gasteiger partial charge >= 0.3 is 0 Å². The van der Waals surface area contributed by atoms with E-state index in [0.717, 1.165) is 50.2 Å². The minimum absolute atomic E-state index is 0.225. The summed E-state index contributed by atoms with van der Waals surface area (Å²) in [4.78, 5) is 32.1. The van der Waals surface area contributed by atoms with Crippen LogP contribution in [-0.2, 0) is 17.6 Å². The molecule has 0 bridgehead atoms. The van der Waals surface area contributed by atoms with Gasteiger partial charge in [0.15, 0.2) is 0 Å². The van der Waals surface area contributed by atoms with Crippen LogP contribution in [0.3, 0.4) is 0 Å². The quantitative estimate of drug-likeness (QED) is 0.620. The fourth-order valence-corrected chi connectivity index (χ4v) is 4.60. The molecule has 1 N–H and O–H groups in total. The van der Waals surface area contributed by atoms with Crippen LogP contribution >= 0.6 is 0 Å². The first-order valence-electron chi connectivity index (χ1n) is 11.6. The molecular weight excluding hydrogens is 416 g/mol. The van der Waals surface area contributed by atoms with Gasteiger partial charge in [-0.15, -0.1) is 0 Å². The average molecular weight is 445 g/mol. The maximum Gasteiger partial charge on any atom is 0.222 e. The molecule has 5 rings (SSSR count). The average Bonchev–Trinajstić information content (AvgIpc) is 3.23. The molecule has 1 saturated heterocycles. The Labute approximate surface area is 193 Å². The first kappa shape index (κ1) is 21.3. The van der Waals surface area contributed by atoms with Crippen molar-refractivity contribution in [3.8, 4) is 5.75 Å². The number of carbonyl (C=O) groups excluding carboxylic acids is 1. The summed E-state index contributed by atoms with van der Waals surface area (Å²) in [5.74, 6) is 2.79. The molecule has 2 aliphatic heterocycles. The van der Waals surface area contributed by atoms with E-state index in [9.17, 15) is 4.79 Å². The highest BCUT2D eigenvalue weighted by Gasteiger charge is 2.25. The van der Waals surface area contributed by atoms with Crippen molar-refractivity contribution < 1.29 is 9.53 Å². The summed E-state index contributed by atoms with van der Waals surface area (Å²) in [6.45, 7) is 3.59. The predicted octanol–water partition coefficient (Wildman–Crippen LogP) is 3.67. The van der Waals surface area contributed by atoms with Crippen molar-refractivity contribution in [1.82, 2.24) is 24.8 Å². The maximum atomic E-state index is 12.8. The number of rotatable bonds is 6. The number of carbonyl (C=O) groups is 1. The molecule has 1 amide bonds. The Morgan fingerprint density at radius 1 is 1.12 bits per heavy atom. The third-order valence-corrected chi connectivity index (χ3v) is 6.33. The van der Waals surface area contributed by atoms with Crippen LogP contribution in [0.2, 0.25) is 0 Å². The third-order valence-electron chi connectivity index (χ3n) is 6.33. The fourth-order valence-electron chi connectivity index (χ4n) is 4.60. The zero-order valence-corrected chi connectivity index (χ0v) is 18.8. The van der Waals surface area contributed by atoms with Crippen molar-refractivity contribution in [3.63, 3.8) is 0 Å². The van der Waals surface area contributed by atoms with Gasteiger partial charge in [-0.25, -0.2) is 9.97 Å². The van der Waals surface area contributed by atoms with E-state index in [1.807, 2.05) is 17.2 Å². The second-order valence-electron chi connectivity index (χ2n) is 8.77. The van der Waals surface area contributed by atoms with E-state index in [4.69, 9.17) is 9.72 Å². The normalized spacial score (nSPS) is 18.0. The van der Waals surface area contributed by atoms with Gasteiger partial charge in [-0.2, -0.15) is 0 Å². The number of aromatic nitrogens is 4. The zero-order chi connectivity index (χ0) is 22.6. The van der Waals surface area contributed by atoms with E-state index in [0.29, 0.717) is 24.0 Å². The van der Waals surface area contributed by atoms with Crippen molar-refractivity contribution in [3.05, 3.63) is 66.0 Å². The van der Waals surface area contributed by atoms with Gasteiger partial charge in [0, 0.05) is 50.4 Å². The summed E-state index contributed by atoms with van der Waals surface area (Å²) in [7, 11) is 0. The standard InChI is InChI=1S/C25H28N6O2/c1-17-12-20-13-18(2-4-22(20)33-17)3-5-25(32)31-10-6-19(7-11-31)21-14-27-16-24(29-21)30-23-15-26-8-9-28-23/h2,4,8-9,13-17,19H,3,5-7,10-12H2,1H3,(H,28,29,30)/t17-/m1/s1. The number of hydrogen-bond acceptors (Lipinski definition) is 7. The first-order chi connectivity index (χ1) is 16.1. The van der Waals surface area contributed by atoms with Crippen LogP contribution in [0.5, 0.6) is 5.75 Å². The maximum absolute atomic E-state index is 12.8. The van der Waals surface area contributed by atoms with Gasteiger partial charge in [-0.3, -0.25) is 14.8 Å². The summed E-state index contributed by atoms with van der Waals surface area (Å²) in [5.41, 5.74) is 3.41. The van der Waals surface area contributed by atoms with E-state index in [1.165, 1.54) is 11.1 Å². The summed E-state index contributed by atoms with van der Waals surface area (Å²) in [6.07, 6.45) is 12.7. The van der Waals surface area contributed by atoms with Crippen molar-refractivity contribution in [1.29, 1.82) is 0 Å². The van der Waals surface area contributed by atoms with Crippen molar-refractivity contribution in [2.75, 3.05) is 18.4 Å². The van der Waals surface area contributed by atoms with Gasteiger partial charge in [0.1, 0.15) is 23.5 Å². The highest BCUT2D eigenvalue weighted by molar-refractivity contribution is 5.76. The molecule has 0 spiro atoms.